The first kappa shape index (κ1) is 13.9. The Bertz CT molecular complexity index is 1080. The maximum atomic E-state index is 12.7. The highest BCUT2D eigenvalue weighted by molar-refractivity contribution is 9.10. The molecular formula is C17H14BrNO5S. The summed E-state index contributed by atoms with van der Waals surface area (Å²) in [6, 6.07) is 13.3. The maximum absolute atomic E-state index is 12.7. The van der Waals surface area contributed by atoms with Crippen molar-refractivity contribution in [2.75, 3.05) is 0 Å². The second-order valence-electron chi connectivity index (χ2n) is 4.94. The van der Waals surface area contributed by atoms with Crippen molar-refractivity contribution < 1.29 is 26.2 Å². The van der Waals surface area contributed by atoms with Gasteiger partial charge in [0.15, 0.2) is 6.08 Å². The van der Waals surface area contributed by atoms with Crippen LogP contribution in [0.15, 0.2) is 70.7 Å². The summed E-state index contributed by atoms with van der Waals surface area (Å²) in [7, 11) is -5.01. The molecule has 1 heterocycles. The molecule has 25 heavy (non-hydrogen) atoms. The molecule has 3 rings (SSSR count). The average Bonchev–Trinajstić information content (AvgIpc) is 2.86. The Balaban J connectivity index is 1.96. The minimum atomic E-state index is -5.01. The number of benzene rings is 2. The van der Waals surface area contributed by atoms with Crippen molar-refractivity contribution in [1.29, 1.82) is 0 Å². The predicted molar refractivity (Wildman–Crippen MR) is 94.3 cm³/mol. The lowest BCUT2D eigenvalue weighted by Gasteiger charge is -2.11. The summed E-state index contributed by atoms with van der Waals surface area (Å²) in [6.07, 6.45) is -2.37. The molecule has 6 nitrogen and oxygen atoms in total. The van der Waals surface area contributed by atoms with Gasteiger partial charge in [0, 0.05) is 10.0 Å². The molecule has 1 atom stereocenters. The second kappa shape index (κ2) is 6.89. The fraction of sp³-hybridized carbons (Fsp3) is 0.118. The zero-order valence-electron chi connectivity index (χ0n) is 15.6. The molecule has 0 radical (unpaired) electrons. The van der Waals surface area contributed by atoms with Gasteiger partial charge in [-0.05, 0) is 11.6 Å². The van der Waals surface area contributed by atoms with E-state index in [0.29, 0.717) is 4.47 Å². The van der Waals surface area contributed by atoms with Gasteiger partial charge in [0.05, 0.1) is 4.11 Å². The first-order valence-corrected chi connectivity index (χ1v) is 9.19. The van der Waals surface area contributed by atoms with Gasteiger partial charge < -0.3 is 14.7 Å². The molecule has 0 saturated carbocycles. The van der Waals surface area contributed by atoms with Gasteiger partial charge in [0.1, 0.15) is 5.70 Å². The Morgan fingerprint density at radius 1 is 1.20 bits per heavy atom. The molecule has 0 bridgehead atoms. The van der Waals surface area contributed by atoms with Gasteiger partial charge in [0.2, 0.25) is 17.4 Å². The lowest BCUT2D eigenvalue weighted by atomic mass is 10.1. The van der Waals surface area contributed by atoms with Crippen LogP contribution >= 0.6 is 15.9 Å². The van der Waals surface area contributed by atoms with Crippen LogP contribution < -0.4 is 5.73 Å². The van der Waals surface area contributed by atoms with Crippen molar-refractivity contribution in [3.05, 3.63) is 81.8 Å². The molecule has 0 fully saturated rings. The van der Waals surface area contributed by atoms with Crippen molar-refractivity contribution in [2.45, 2.75) is 11.8 Å². The Labute approximate surface area is 157 Å². The number of hydrogen-bond acceptors (Lipinski definition) is 6. The highest BCUT2D eigenvalue weighted by Gasteiger charge is 2.40. The van der Waals surface area contributed by atoms with Crippen LogP contribution in [0.5, 0.6) is 0 Å². The molecule has 0 saturated heterocycles. The van der Waals surface area contributed by atoms with E-state index in [4.69, 9.17) is 18.8 Å². The van der Waals surface area contributed by atoms with Crippen molar-refractivity contribution >= 4 is 31.8 Å². The Morgan fingerprint density at radius 3 is 2.52 bits per heavy atom. The predicted octanol–water partition coefficient (Wildman–Crippen LogP) is 2.76. The van der Waals surface area contributed by atoms with Gasteiger partial charge in [-0.1, -0.05) is 64.5 Å². The van der Waals surface area contributed by atoms with E-state index in [9.17, 15) is 13.2 Å². The Hall–Kier alpha value is -2.32. The van der Waals surface area contributed by atoms with Crippen molar-refractivity contribution in [3.8, 4) is 0 Å². The second-order valence-corrected chi connectivity index (χ2v) is 7.07. The number of hydrogen-bond donors (Lipinski definition) is 1. The minimum absolute atomic E-state index is 0.0880. The zero-order valence-corrected chi connectivity index (χ0v) is 15.0. The standard InChI is InChI=1S/C17H14BrNO5S/c18-13-9-5-4-8-12(13)15-14(20)16(17(19)23-15)24-25(21,22)10-11-6-2-1-3-7-11/h1-9,15H,10,19H2/t15-/m1/s1/i10D2,15D. The first-order chi connectivity index (χ1) is 13.0. The minimum Gasteiger partial charge on any atom is -0.460 e. The van der Waals surface area contributed by atoms with Crippen LogP contribution in [0.3, 0.4) is 0 Å². The zero-order chi connectivity index (χ0) is 20.7. The van der Waals surface area contributed by atoms with E-state index in [1.165, 1.54) is 30.3 Å². The number of rotatable bonds is 5. The van der Waals surface area contributed by atoms with Crippen LogP contribution in [0.2, 0.25) is 0 Å². The van der Waals surface area contributed by atoms with E-state index in [1.54, 1.807) is 24.3 Å². The summed E-state index contributed by atoms with van der Waals surface area (Å²) in [4.78, 5) is 12.7. The van der Waals surface area contributed by atoms with Gasteiger partial charge in [-0.2, -0.15) is 8.42 Å². The summed E-state index contributed by atoms with van der Waals surface area (Å²) in [5.41, 5.74) is 2.54. The number of halogens is 1. The summed E-state index contributed by atoms with van der Waals surface area (Å²) in [5, 5.41) is 0. The van der Waals surface area contributed by atoms with Crippen LogP contribution in [0.25, 0.3) is 0 Å². The fourth-order valence-electron chi connectivity index (χ4n) is 2.10. The summed E-state index contributed by atoms with van der Waals surface area (Å²) < 4.78 is 59.6. The van der Waals surface area contributed by atoms with Crippen molar-refractivity contribution in [2.24, 2.45) is 5.73 Å². The largest absolute Gasteiger partial charge is 0.460 e. The lowest BCUT2D eigenvalue weighted by Crippen LogP contribution is -2.16. The molecule has 130 valence electrons. The molecule has 0 aromatic heterocycles. The van der Waals surface area contributed by atoms with Crippen LogP contribution in [-0.2, 0) is 29.5 Å². The third-order valence-electron chi connectivity index (χ3n) is 3.18. The maximum Gasteiger partial charge on any atom is 0.313 e. The lowest BCUT2D eigenvalue weighted by molar-refractivity contribution is -0.123. The summed E-state index contributed by atoms with van der Waals surface area (Å²) in [6.45, 7) is 0. The number of Topliss-reactive ketones (excluding diaryl/α,β-unsaturated/α-hetero) is 1. The van der Waals surface area contributed by atoms with E-state index >= 15 is 0 Å². The van der Waals surface area contributed by atoms with Crippen LogP contribution in [-0.4, -0.2) is 14.2 Å². The highest BCUT2D eigenvalue weighted by atomic mass is 79.9. The van der Waals surface area contributed by atoms with Crippen LogP contribution in [0.4, 0.5) is 0 Å². The van der Waals surface area contributed by atoms with Crippen LogP contribution in [0.1, 0.15) is 21.3 Å². The quantitative estimate of drug-likeness (QED) is 0.738. The average molecular weight is 427 g/mol. The van der Waals surface area contributed by atoms with E-state index < -0.39 is 39.3 Å². The number of nitrogens with two attached hydrogens (primary N) is 1. The van der Waals surface area contributed by atoms with Gasteiger partial charge in [-0.3, -0.25) is 4.79 Å². The summed E-state index contributed by atoms with van der Waals surface area (Å²) >= 11 is 3.20. The fourth-order valence-corrected chi connectivity index (χ4v) is 3.41. The molecule has 0 aliphatic carbocycles. The first-order valence-electron chi connectivity index (χ1n) is 8.49. The van der Waals surface area contributed by atoms with Gasteiger partial charge in [-0.25, -0.2) is 0 Å². The van der Waals surface area contributed by atoms with E-state index in [-0.39, 0.29) is 11.1 Å². The van der Waals surface area contributed by atoms with E-state index in [0.717, 1.165) is 0 Å². The van der Waals surface area contributed by atoms with Crippen LogP contribution in [0, 0.1) is 0 Å². The molecule has 0 amide bonds. The Morgan fingerprint density at radius 2 is 1.84 bits per heavy atom. The van der Waals surface area contributed by atoms with Crippen molar-refractivity contribution in [1.82, 2.24) is 0 Å². The normalized spacial score (nSPS) is 22.8. The smallest absolute Gasteiger partial charge is 0.313 e. The third kappa shape index (κ3) is 3.85. The van der Waals surface area contributed by atoms with Gasteiger partial charge in [-0.15, -0.1) is 0 Å². The summed E-state index contributed by atoms with van der Waals surface area (Å²) in [5.74, 6) is -2.82. The molecule has 1 aliphatic rings. The molecule has 0 spiro atoms. The van der Waals surface area contributed by atoms with E-state index in [1.807, 2.05) is 0 Å². The third-order valence-corrected chi connectivity index (χ3v) is 4.74. The SMILES string of the molecule is [2H]C([2H])(c1ccccc1)S(=O)(=O)OC1=C(N)O[C@]([2H])(c2ccccc2Br)C1=O. The van der Waals surface area contributed by atoms with E-state index in [2.05, 4.69) is 15.9 Å². The molecule has 8 heteroatoms. The Kier molecular flexibility index (Phi) is 3.84. The molecule has 1 aliphatic heterocycles. The van der Waals surface area contributed by atoms with Crippen molar-refractivity contribution in [3.63, 3.8) is 0 Å². The molecular weight excluding hydrogens is 410 g/mol. The highest BCUT2D eigenvalue weighted by Crippen LogP contribution is 2.35. The number of ether oxygens (including phenoxy) is 1. The van der Waals surface area contributed by atoms with Gasteiger partial charge in [0.25, 0.3) is 0 Å². The molecule has 0 unspecified atom stereocenters. The number of carbonyl (C=O) groups is 1. The van der Waals surface area contributed by atoms with Gasteiger partial charge >= 0.3 is 10.1 Å². The molecule has 2 N–H and O–H groups in total. The number of ketones is 1. The molecule has 2 aromatic carbocycles. The number of carbonyl (C=O) groups excluding carboxylic acids is 1. The topological polar surface area (TPSA) is 95.7 Å². The monoisotopic (exact) mass is 426 g/mol. The molecule has 2 aromatic rings.